The predicted octanol–water partition coefficient (Wildman–Crippen LogP) is -0.607. The molecule has 0 radical (unpaired) electrons. The van der Waals surface area contributed by atoms with E-state index >= 15 is 0 Å². The zero-order chi connectivity index (χ0) is 11.1. The first kappa shape index (κ1) is 12.0. The van der Waals surface area contributed by atoms with Gasteiger partial charge in [0.2, 0.25) is 5.91 Å². The SMILES string of the molecule is N#CCCCN1CCN(C(=O)CN)CC1. The van der Waals surface area contributed by atoms with Gasteiger partial charge in [-0.25, -0.2) is 0 Å². The molecule has 0 atom stereocenters. The molecule has 0 aromatic carbocycles. The van der Waals surface area contributed by atoms with Crippen LogP contribution in [0, 0.1) is 11.3 Å². The molecule has 0 unspecified atom stereocenters. The number of carbonyl (C=O) groups excluding carboxylic acids is 1. The highest BCUT2D eigenvalue weighted by Crippen LogP contribution is 2.03. The second kappa shape index (κ2) is 6.38. The van der Waals surface area contributed by atoms with Gasteiger partial charge < -0.3 is 10.6 Å². The summed E-state index contributed by atoms with van der Waals surface area (Å²) in [5.74, 6) is 0.0340. The van der Waals surface area contributed by atoms with Crippen molar-refractivity contribution in [2.45, 2.75) is 12.8 Å². The molecular formula is C10H18N4O. The number of nitriles is 1. The van der Waals surface area contributed by atoms with Gasteiger partial charge in [0.15, 0.2) is 0 Å². The van der Waals surface area contributed by atoms with E-state index < -0.39 is 0 Å². The van der Waals surface area contributed by atoms with Crippen molar-refractivity contribution in [1.82, 2.24) is 9.80 Å². The van der Waals surface area contributed by atoms with E-state index in [4.69, 9.17) is 11.0 Å². The van der Waals surface area contributed by atoms with Crippen LogP contribution in [-0.4, -0.2) is 55.0 Å². The molecule has 1 aliphatic rings. The minimum absolute atomic E-state index is 0.0340. The van der Waals surface area contributed by atoms with Crippen LogP contribution in [0.3, 0.4) is 0 Å². The molecule has 5 nitrogen and oxygen atoms in total. The Morgan fingerprint density at radius 2 is 2.00 bits per heavy atom. The molecule has 0 aliphatic carbocycles. The lowest BCUT2D eigenvalue weighted by Crippen LogP contribution is -2.50. The van der Waals surface area contributed by atoms with Crippen molar-refractivity contribution in [2.75, 3.05) is 39.3 Å². The lowest BCUT2D eigenvalue weighted by molar-refractivity contribution is -0.131. The average Bonchev–Trinajstić information content (AvgIpc) is 2.29. The number of piperazine rings is 1. The van der Waals surface area contributed by atoms with Gasteiger partial charge in [-0.2, -0.15) is 5.26 Å². The molecule has 84 valence electrons. The molecule has 1 aliphatic heterocycles. The number of amides is 1. The third-order valence-electron chi connectivity index (χ3n) is 2.66. The van der Waals surface area contributed by atoms with Crippen molar-refractivity contribution in [3.8, 4) is 6.07 Å². The van der Waals surface area contributed by atoms with Gasteiger partial charge in [-0.3, -0.25) is 9.69 Å². The predicted molar refractivity (Wildman–Crippen MR) is 56.9 cm³/mol. The fourth-order valence-electron chi connectivity index (χ4n) is 1.73. The summed E-state index contributed by atoms with van der Waals surface area (Å²) in [5, 5.41) is 8.41. The molecule has 5 heteroatoms. The molecule has 1 heterocycles. The van der Waals surface area contributed by atoms with Crippen LogP contribution in [0.15, 0.2) is 0 Å². The lowest BCUT2D eigenvalue weighted by Gasteiger charge is -2.34. The molecule has 1 fully saturated rings. The van der Waals surface area contributed by atoms with E-state index in [1.807, 2.05) is 0 Å². The summed E-state index contributed by atoms with van der Waals surface area (Å²) in [6, 6.07) is 2.14. The van der Waals surface area contributed by atoms with Crippen LogP contribution in [0.1, 0.15) is 12.8 Å². The van der Waals surface area contributed by atoms with Gasteiger partial charge in [0.1, 0.15) is 0 Å². The van der Waals surface area contributed by atoms with Crippen LogP contribution in [-0.2, 0) is 4.79 Å². The Kier molecular flexibility index (Phi) is 5.08. The molecule has 0 aromatic heterocycles. The zero-order valence-corrected chi connectivity index (χ0v) is 8.98. The van der Waals surface area contributed by atoms with Gasteiger partial charge in [-0.05, 0) is 13.0 Å². The lowest BCUT2D eigenvalue weighted by atomic mass is 10.2. The summed E-state index contributed by atoms with van der Waals surface area (Å²) >= 11 is 0. The molecule has 1 saturated heterocycles. The maximum absolute atomic E-state index is 11.3. The van der Waals surface area contributed by atoms with Gasteiger partial charge in [-0.15, -0.1) is 0 Å². The highest BCUT2D eigenvalue weighted by molar-refractivity contribution is 5.78. The van der Waals surface area contributed by atoms with Gasteiger partial charge in [0.25, 0.3) is 0 Å². The molecule has 0 aromatic rings. The summed E-state index contributed by atoms with van der Waals surface area (Å²) in [7, 11) is 0. The van der Waals surface area contributed by atoms with Crippen LogP contribution < -0.4 is 5.73 Å². The largest absolute Gasteiger partial charge is 0.339 e. The maximum atomic E-state index is 11.3. The van der Waals surface area contributed by atoms with E-state index in [1.165, 1.54) is 0 Å². The Morgan fingerprint density at radius 1 is 1.33 bits per heavy atom. The van der Waals surface area contributed by atoms with E-state index in [1.54, 1.807) is 4.90 Å². The van der Waals surface area contributed by atoms with Crippen molar-refractivity contribution >= 4 is 5.91 Å². The number of unbranched alkanes of at least 4 members (excludes halogenated alkanes) is 1. The van der Waals surface area contributed by atoms with E-state index in [0.29, 0.717) is 6.42 Å². The maximum Gasteiger partial charge on any atom is 0.236 e. The Labute approximate surface area is 90.4 Å². The van der Waals surface area contributed by atoms with Crippen molar-refractivity contribution < 1.29 is 4.79 Å². The number of nitrogens with two attached hydrogens (primary N) is 1. The highest BCUT2D eigenvalue weighted by Gasteiger charge is 2.19. The van der Waals surface area contributed by atoms with E-state index in [0.717, 1.165) is 39.1 Å². The quantitative estimate of drug-likeness (QED) is 0.628. The van der Waals surface area contributed by atoms with Crippen LogP contribution in [0.4, 0.5) is 0 Å². The number of hydrogen-bond donors (Lipinski definition) is 1. The van der Waals surface area contributed by atoms with Crippen molar-refractivity contribution in [3.63, 3.8) is 0 Å². The molecule has 0 saturated carbocycles. The summed E-state index contributed by atoms with van der Waals surface area (Å²) in [5.41, 5.74) is 5.29. The molecular weight excluding hydrogens is 192 g/mol. The summed E-state index contributed by atoms with van der Waals surface area (Å²) in [6.07, 6.45) is 1.53. The van der Waals surface area contributed by atoms with Crippen LogP contribution in [0.5, 0.6) is 0 Å². The van der Waals surface area contributed by atoms with E-state index in [9.17, 15) is 4.79 Å². The van der Waals surface area contributed by atoms with Crippen LogP contribution in [0.2, 0.25) is 0 Å². The van der Waals surface area contributed by atoms with Gasteiger partial charge >= 0.3 is 0 Å². The minimum atomic E-state index is 0.0340. The van der Waals surface area contributed by atoms with Gasteiger partial charge in [0, 0.05) is 32.6 Å². The normalized spacial score (nSPS) is 17.5. The second-order valence-corrected chi connectivity index (χ2v) is 3.69. The second-order valence-electron chi connectivity index (χ2n) is 3.69. The van der Waals surface area contributed by atoms with Crippen molar-refractivity contribution in [1.29, 1.82) is 5.26 Å². The fourth-order valence-corrected chi connectivity index (χ4v) is 1.73. The molecule has 0 spiro atoms. The highest BCUT2D eigenvalue weighted by atomic mass is 16.2. The van der Waals surface area contributed by atoms with E-state index in [2.05, 4.69) is 11.0 Å². The molecule has 1 amide bonds. The summed E-state index contributed by atoms with van der Waals surface area (Å²) in [4.78, 5) is 15.4. The minimum Gasteiger partial charge on any atom is -0.339 e. The summed E-state index contributed by atoms with van der Waals surface area (Å²) in [6.45, 7) is 4.39. The third kappa shape index (κ3) is 3.86. The number of nitrogens with zero attached hydrogens (tertiary/aromatic N) is 3. The first-order chi connectivity index (χ1) is 7.27. The Balaban J connectivity index is 2.18. The van der Waals surface area contributed by atoms with Crippen LogP contribution >= 0.6 is 0 Å². The standard InChI is InChI=1S/C10H18N4O/c11-3-1-2-4-13-5-7-14(8-6-13)10(15)9-12/h1-2,4-9,12H2. The molecule has 0 bridgehead atoms. The monoisotopic (exact) mass is 210 g/mol. The number of rotatable bonds is 4. The number of carbonyl (C=O) groups is 1. The summed E-state index contributed by atoms with van der Waals surface area (Å²) < 4.78 is 0. The smallest absolute Gasteiger partial charge is 0.236 e. The molecule has 1 rings (SSSR count). The van der Waals surface area contributed by atoms with Crippen LogP contribution in [0.25, 0.3) is 0 Å². The first-order valence-electron chi connectivity index (χ1n) is 5.35. The number of hydrogen-bond acceptors (Lipinski definition) is 4. The average molecular weight is 210 g/mol. The van der Waals surface area contributed by atoms with Crippen molar-refractivity contribution in [3.05, 3.63) is 0 Å². The van der Waals surface area contributed by atoms with Gasteiger partial charge in [-0.1, -0.05) is 0 Å². The fraction of sp³-hybridized carbons (Fsp3) is 0.800. The molecule has 2 N–H and O–H groups in total. The topological polar surface area (TPSA) is 73.4 Å². The third-order valence-corrected chi connectivity index (χ3v) is 2.66. The zero-order valence-electron chi connectivity index (χ0n) is 8.98. The first-order valence-corrected chi connectivity index (χ1v) is 5.35. The Bertz CT molecular complexity index is 240. The van der Waals surface area contributed by atoms with Crippen molar-refractivity contribution in [2.24, 2.45) is 5.73 Å². The van der Waals surface area contributed by atoms with E-state index in [-0.39, 0.29) is 12.5 Å². The Hall–Kier alpha value is -1.12. The molecule has 15 heavy (non-hydrogen) atoms. The van der Waals surface area contributed by atoms with Gasteiger partial charge in [0.05, 0.1) is 12.6 Å². The Morgan fingerprint density at radius 3 is 2.53 bits per heavy atom.